The van der Waals surface area contributed by atoms with E-state index < -0.39 is 0 Å². The van der Waals surface area contributed by atoms with E-state index in [1.807, 2.05) is 36.6 Å². The predicted octanol–water partition coefficient (Wildman–Crippen LogP) is 1.74. The van der Waals surface area contributed by atoms with E-state index in [1.165, 1.54) is 5.56 Å². The van der Waals surface area contributed by atoms with E-state index in [4.69, 9.17) is 0 Å². The highest BCUT2D eigenvalue weighted by atomic mass is 16.1. The van der Waals surface area contributed by atoms with Crippen LogP contribution in [0.3, 0.4) is 0 Å². The highest BCUT2D eigenvalue weighted by Crippen LogP contribution is 2.22. The molecule has 0 aliphatic heterocycles. The van der Waals surface area contributed by atoms with E-state index in [2.05, 4.69) is 0 Å². The minimum absolute atomic E-state index is 0.750. The lowest BCUT2D eigenvalue weighted by Crippen LogP contribution is -1.83. The van der Waals surface area contributed by atoms with Crippen LogP contribution < -0.4 is 0 Å². The van der Waals surface area contributed by atoms with Gasteiger partial charge in [-0.1, -0.05) is 24.3 Å². The van der Waals surface area contributed by atoms with Crippen LogP contribution in [0.4, 0.5) is 0 Å². The minimum Gasteiger partial charge on any atom is -0.285 e. The van der Waals surface area contributed by atoms with E-state index in [1.54, 1.807) is 0 Å². The SMILES string of the molecule is O=[C]C1=Cc2ccccc2C1. The number of rotatable bonds is 1. The molecule has 1 nitrogen and oxygen atoms in total. The predicted molar refractivity (Wildman–Crippen MR) is 43.8 cm³/mol. The zero-order valence-corrected chi connectivity index (χ0v) is 6.00. The maximum absolute atomic E-state index is 10.3. The summed E-state index contributed by atoms with van der Waals surface area (Å²) >= 11 is 0. The first-order chi connectivity index (χ1) is 5.40. The van der Waals surface area contributed by atoms with Crippen LogP contribution in [-0.4, -0.2) is 6.29 Å². The standard InChI is InChI=1S/C10H7O/c11-7-8-5-9-3-1-2-4-10(9)6-8/h1-5H,6H2. The molecule has 0 unspecified atom stereocenters. The van der Waals surface area contributed by atoms with Crippen molar-refractivity contribution in [3.8, 4) is 0 Å². The summed E-state index contributed by atoms with van der Waals surface area (Å²) in [5.74, 6) is 0. The highest BCUT2D eigenvalue weighted by molar-refractivity contribution is 5.86. The fourth-order valence-corrected chi connectivity index (χ4v) is 1.35. The van der Waals surface area contributed by atoms with Gasteiger partial charge in [-0.15, -0.1) is 0 Å². The Balaban J connectivity index is 2.47. The Morgan fingerprint density at radius 2 is 2.09 bits per heavy atom. The lowest BCUT2D eigenvalue weighted by Gasteiger charge is -1.93. The van der Waals surface area contributed by atoms with Gasteiger partial charge < -0.3 is 0 Å². The summed E-state index contributed by atoms with van der Waals surface area (Å²) in [6.45, 7) is 0. The van der Waals surface area contributed by atoms with Gasteiger partial charge >= 0.3 is 0 Å². The maximum Gasteiger partial charge on any atom is 0.229 e. The molecule has 11 heavy (non-hydrogen) atoms. The molecule has 0 heterocycles. The van der Waals surface area contributed by atoms with E-state index >= 15 is 0 Å². The molecule has 2 rings (SSSR count). The summed E-state index contributed by atoms with van der Waals surface area (Å²) in [6, 6.07) is 8.01. The van der Waals surface area contributed by atoms with Crippen molar-refractivity contribution < 1.29 is 4.79 Å². The van der Waals surface area contributed by atoms with Crippen molar-refractivity contribution in [2.24, 2.45) is 0 Å². The normalized spacial score (nSPS) is 14.0. The molecule has 53 valence electrons. The van der Waals surface area contributed by atoms with E-state index in [-0.39, 0.29) is 0 Å². The largest absolute Gasteiger partial charge is 0.285 e. The molecule has 0 N–H and O–H groups in total. The summed E-state index contributed by atoms with van der Waals surface area (Å²) in [4.78, 5) is 10.3. The quantitative estimate of drug-likeness (QED) is 0.585. The van der Waals surface area contributed by atoms with E-state index in [0.29, 0.717) is 0 Å². The van der Waals surface area contributed by atoms with Gasteiger partial charge in [-0.25, -0.2) is 0 Å². The summed E-state index contributed by atoms with van der Waals surface area (Å²) in [7, 11) is 0. The summed E-state index contributed by atoms with van der Waals surface area (Å²) in [6.07, 6.45) is 4.56. The first-order valence-electron chi connectivity index (χ1n) is 3.57. The zero-order chi connectivity index (χ0) is 7.68. The fourth-order valence-electron chi connectivity index (χ4n) is 1.35. The third-order valence-corrected chi connectivity index (χ3v) is 1.90. The highest BCUT2D eigenvalue weighted by Gasteiger charge is 2.10. The first-order valence-corrected chi connectivity index (χ1v) is 3.57. The molecule has 0 saturated heterocycles. The van der Waals surface area contributed by atoms with Gasteiger partial charge in [0.25, 0.3) is 0 Å². The summed E-state index contributed by atoms with van der Waals surface area (Å²) in [5, 5.41) is 0. The van der Waals surface area contributed by atoms with Crippen molar-refractivity contribution >= 4 is 12.4 Å². The van der Waals surface area contributed by atoms with Gasteiger partial charge in [0.05, 0.1) is 0 Å². The molecule has 1 aromatic rings. The molecule has 1 aliphatic rings. The Labute approximate surface area is 65.4 Å². The second-order valence-corrected chi connectivity index (χ2v) is 2.65. The molecule has 0 amide bonds. The van der Waals surface area contributed by atoms with Crippen molar-refractivity contribution in [3.63, 3.8) is 0 Å². The number of carbonyl (C=O) groups excluding carboxylic acids is 1. The number of hydrogen-bond donors (Lipinski definition) is 0. The van der Waals surface area contributed by atoms with Crippen molar-refractivity contribution in [3.05, 3.63) is 41.0 Å². The Kier molecular flexibility index (Phi) is 1.35. The Morgan fingerprint density at radius 3 is 2.82 bits per heavy atom. The van der Waals surface area contributed by atoms with Gasteiger partial charge in [-0.05, 0) is 17.2 Å². The van der Waals surface area contributed by atoms with Crippen LogP contribution in [0.2, 0.25) is 0 Å². The van der Waals surface area contributed by atoms with Crippen LogP contribution in [0.5, 0.6) is 0 Å². The lowest BCUT2D eigenvalue weighted by molar-refractivity contribution is 0.561. The van der Waals surface area contributed by atoms with Gasteiger partial charge in [0.1, 0.15) is 0 Å². The molecule has 0 bridgehead atoms. The second kappa shape index (κ2) is 2.35. The Hall–Kier alpha value is -1.37. The van der Waals surface area contributed by atoms with Crippen LogP contribution in [0.25, 0.3) is 6.08 Å². The third kappa shape index (κ3) is 0.984. The molecule has 1 aromatic carbocycles. The zero-order valence-electron chi connectivity index (χ0n) is 6.00. The van der Waals surface area contributed by atoms with E-state index in [0.717, 1.165) is 17.6 Å². The van der Waals surface area contributed by atoms with Gasteiger partial charge in [0.2, 0.25) is 6.29 Å². The van der Waals surface area contributed by atoms with Crippen LogP contribution in [-0.2, 0) is 11.2 Å². The molecule has 1 radical (unpaired) electrons. The molecule has 0 atom stereocenters. The van der Waals surface area contributed by atoms with Gasteiger partial charge in [-0.3, -0.25) is 4.79 Å². The average Bonchev–Trinajstić information content (AvgIpc) is 2.46. The Bertz CT molecular complexity index is 323. The van der Waals surface area contributed by atoms with Crippen LogP contribution in [0.1, 0.15) is 11.1 Å². The third-order valence-electron chi connectivity index (χ3n) is 1.90. The monoisotopic (exact) mass is 143 g/mol. The molecular weight excluding hydrogens is 136 g/mol. The second-order valence-electron chi connectivity index (χ2n) is 2.65. The average molecular weight is 143 g/mol. The number of hydrogen-bond acceptors (Lipinski definition) is 1. The van der Waals surface area contributed by atoms with E-state index in [9.17, 15) is 4.79 Å². The van der Waals surface area contributed by atoms with Crippen LogP contribution in [0, 0.1) is 0 Å². The Morgan fingerprint density at radius 1 is 1.27 bits per heavy atom. The number of allylic oxidation sites excluding steroid dienone is 1. The molecule has 1 heteroatoms. The van der Waals surface area contributed by atoms with Gasteiger partial charge in [-0.2, -0.15) is 0 Å². The summed E-state index contributed by atoms with van der Waals surface area (Å²) in [5.41, 5.74) is 3.14. The van der Waals surface area contributed by atoms with Crippen LogP contribution in [0.15, 0.2) is 29.8 Å². The van der Waals surface area contributed by atoms with Gasteiger partial charge in [0.15, 0.2) is 0 Å². The molecule has 0 saturated carbocycles. The topological polar surface area (TPSA) is 17.1 Å². The minimum atomic E-state index is 0.750. The van der Waals surface area contributed by atoms with Crippen molar-refractivity contribution in [1.82, 2.24) is 0 Å². The molecule has 0 fully saturated rings. The van der Waals surface area contributed by atoms with Gasteiger partial charge in [0, 0.05) is 12.0 Å². The summed E-state index contributed by atoms with van der Waals surface area (Å²) < 4.78 is 0. The van der Waals surface area contributed by atoms with Crippen LogP contribution >= 0.6 is 0 Å². The first kappa shape index (κ1) is 6.35. The molecule has 0 aromatic heterocycles. The smallest absolute Gasteiger partial charge is 0.229 e. The van der Waals surface area contributed by atoms with Crippen molar-refractivity contribution in [2.45, 2.75) is 6.42 Å². The lowest BCUT2D eigenvalue weighted by atomic mass is 10.1. The molecular formula is C10H7O. The van der Waals surface area contributed by atoms with Crippen molar-refractivity contribution in [1.29, 1.82) is 0 Å². The maximum atomic E-state index is 10.3. The number of benzene rings is 1. The fraction of sp³-hybridized carbons (Fsp3) is 0.100. The number of fused-ring (bicyclic) bond motifs is 1. The van der Waals surface area contributed by atoms with Crippen molar-refractivity contribution in [2.75, 3.05) is 0 Å². The molecule has 0 spiro atoms. The molecule has 1 aliphatic carbocycles.